The average Bonchev–Trinajstić information content (AvgIpc) is 2.99. The first-order chi connectivity index (χ1) is 12.1. The topological polar surface area (TPSA) is 56.3 Å². The predicted molar refractivity (Wildman–Crippen MR) is 124 cm³/mol. The SMILES string of the molecule is CCNC(=NCCCc1nc2ccccc2[nH]1)N1CCSC(C)(C)C1.I. The monoisotopic (exact) mass is 487 g/mol. The third kappa shape index (κ3) is 5.77. The molecular formula is C19H30IN5S. The van der Waals surface area contributed by atoms with Crippen molar-refractivity contribution in [3.05, 3.63) is 30.1 Å². The highest BCUT2D eigenvalue weighted by Gasteiger charge is 2.28. The Kier molecular flexibility index (Phi) is 8.06. The number of nitrogens with zero attached hydrogens (tertiary/aromatic N) is 3. The van der Waals surface area contributed by atoms with Crippen LogP contribution in [0.3, 0.4) is 0 Å². The molecular weight excluding hydrogens is 457 g/mol. The van der Waals surface area contributed by atoms with Gasteiger partial charge in [-0.1, -0.05) is 12.1 Å². The van der Waals surface area contributed by atoms with Crippen molar-refractivity contribution in [2.24, 2.45) is 4.99 Å². The number of guanidine groups is 1. The van der Waals surface area contributed by atoms with Crippen LogP contribution in [-0.4, -0.2) is 57.5 Å². The maximum atomic E-state index is 4.85. The van der Waals surface area contributed by atoms with Crippen LogP contribution in [0, 0.1) is 0 Å². The molecule has 0 atom stereocenters. The zero-order valence-electron chi connectivity index (χ0n) is 15.9. The second-order valence-electron chi connectivity index (χ2n) is 7.07. The number of benzene rings is 1. The fourth-order valence-electron chi connectivity index (χ4n) is 3.18. The second-order valence-corrected chi connectivity index (χ2v) is 8.87. The van der Waals surface area contributed by atoms with E-state index >= 15 is 0 Å². The van der Waals surface area contributed by atoms with Crippen molar-refractivity contribution < 1.29 is 0 Å². The van der Waals surface area contributed by atoms with Crippen molar-refractivity contribution in [2.45, 2.75) is 38.4 Å². The minimum Gasteiger partial charge on any atom is -0.357 e. The van der Waals surface area contributed by atoms with E-state index in [4.69, 9.17) is 4.99 Å². The normalized spacial score (nSPS) is 17.2. The number of aliphatic imine (C=N–C) groups is 1. The van der Waals surface area contributed by atoms with E-state index in [0.29, 0.717) is 4.75 Å². The van der Waals surface area contributed by atoms with E-state index in [-0.39, 0.29) is 24.0 Å². The Morgan fingerprint density at radius 3 is 2.92 bits per heavy atom. The molecule has 0 saturated carbocycles. The number of hydrogen-bond donors (Lipinski definition) is 2. The van der Waals surface area contributed by atoms with Crippen LogP contribution >= 0.6 is 35.7 Å². The molecule has 0 amide bonds. The molecule has 1 aliphatic rings. The number of aryl methyl sites for hydroxylation is 1. The van der Waals surface area contributed by atoms with Crippen LogP contribution in [0.2, 0.25) is 0 Å². The summed E-state index contributed by atoms with van der Waals surface area (Å²) in [6, 6.07) is 8.18. The van der Waals surface area contributed by atoms with Crippen molar-refractivity contribution in [1.29, 1.82) is 0 Å². The third-order valence-corrected chi connectivity index (χ3v) is 5.63. The number of halogens is 1. The van der Waals surface area contributed by atoms with Gasteiger partial charge in [-0.05, 0) is 39.3 Å². The van der Waals surface area contributed by atoms with E-state index in [2.05, 4.69) is 58.8 Å². The number of thioether (sulfide) groups is 1. The number of rotatable bonds is 5. The van der Waals surface area contributed by atoms with Crippen LogP contribution in [0.5, 0.6) is 0 Å². The van der Waals surface area contributed by atoms with Gasteiger partial charge in [-0.25, -0.2) is 4.98 Å². The fraction of sp³-hybridized carbons (Fsp3) is 0.579. The maximum absolute atomic E-state index is 4.85. The third-order valence-electron chi connectivity index (χ3n) is 4.33. The van der Waals surface area contributed by atoms with Crippen molar-refractivity contribution >= 4 is 52.7 Å². The van der Waals surface area contributed by atoms with E-state index in [1.165, 1.54) is 0 Å². The second kappa shape index (κ2) is 9.82. The van der Waals surface area contributed by atoms with Gasteiger partial charge in [0.25, 0.3) is 0 Å². The van der Waals surface area contributed by atoms with E-state index in [9.17, 15) is 0 Å². The van der Waals surface area contributed by atoms with Gasteiger partial charge >= 0.3 is 0 Å². The molecule has 1 aromatic heterocycles. The van der Waals surface area contributed by atoms with E-state index < -0.39 is 0 Å². The number of H-pyrrole nitrogens is 1. The van der Waals surface area contributed by atoms with Crippen molar-refractivity contribution in [1.82, 2.24) is 20.2 Å². The minimum atomic E-state index is 0. The Bertz CT molecular complexity index is 695. The lowest BCUT2D eigenvalue weighted by Gasteiger charge is -2.39. The summed E-state index contributed by atoms with van der Waals surface area (Å²) in [6.45, 7) is 10.6. The molecule has 1 fully saturated rings. The first-order valence-electron chi connectivity index (χ1n) is 9.18. The van der Waals surface area contributed by atoms with Crippen LogP contribution in [0.25, 0.3) is 11.0 Å². The first-order valence-corrected chi connectivity index (χ1v) is 10.2. The average molecular weight is 487 g/mol. The zero-order chi connectivity index (χ0) is 17.7. The Balaban J connectivity index is 0.00000243. The van der Waals surface area contributed by atoms with E-state index in [0.717, 1.165) is 67.6 Å². The van der Waals surface area contributed by atoms with Crippen molar-refractivity contribution in [3.63, 3.8) is 0 Å². The van der Waals surface area contributed by atoms with Gasteiger partial charge in [0, 0.05) is 43.1 Å². The highest BCUT2D eigenvalue weighted by atomic mass is 127. The first kappa shape index (κ1) is 21.3. The number of para-hydroxylation sites is 2. The van der Waals surface area contributed by atoms with Gasteiger partial charge < -0.3 is 15.2 Å². The largest absolute Gasteiger partial charge is 0.357 e. The van der Waals surface area contributed by atoms with Gasteiger partial charge in [-0.15, -0.1) is 24.0 Å². The molecule has 2 aromatic rings. The molecule has 1 aromatic carbocycles. The molecule has 2 N–H and O–H groups in total. The quantitative estimate of drug-likeness (QED) is 0.291. The summed E-state index contributed by atoms with van der Waals surface area (Å²) < 4.78 is 0.294. The van der Waals surface area contributed by atoms with Crippen molar-refractivity contribution in [2.75, 3.05) is 31.9 Å². The highest BCUT2D eigenvalue weighted by molar-refractivity contribution is 14.0. The maximum Gasteiger partial charge on any atom is 0.193 e. The van der Waals surface area contributed by atoms with Gasteiger partial charge in [0.15, 0.2) is 5.96 Å². The highest BCUT2D eigenvalue weighted by Crippen LogP contribution is 2.29. The van der Waals surface area contributed by atoms with Crippen LogP contribution < -0.4 is 5.32 Å². The van der Waals surface area contributed by atoms with E-state index in [1.807, 2.05) is 18.2 Å². The summed E-state index contributed by atoms with van der Waals surface area (Å²) in [5, 5.41) is 3.45. The lowest BCUT2D eigenvalue weighted by atomic mass is 10.2. The van der Waals surface area contributed by atoms with Crippen LogP contribution in [0.15, 0.2) is 29.3 Å². The molecule has 7 heteroatoms. The Hall–Kier alpha value is -0.960. The van der Waals surface area contributed by atoms with Gasteiger partial charge in [0.2, 0.25) is 0 Å². The van der Waals surface area contributed by atoms with Gasteiger partial charge in [0.1, 0.15) is 5.82 Å². The van der Waals surface area contributed by atoms with Crippen LogP contribution in [-0.2, 0) is 6.42 Å². The molecule has 1 saturated heterocycles. The number of aromatic amines is 1. The molecule has 144 valence electrons. The molecule has 0 radical (unpaired) electrons. The summed E-state index contributed by atoms with van der Waals surface area (Å²) in [6.07, 6.45) is 1.93. The van der Waals surface area contributed by atoms with Crippen LogP contribution in [0.4, 0.5) is 0 Å². The summed E-state index contributed by atoms with van der Waals surface area (Å²) in [7, 11) is 0. The summed E-state index contributed by atoms with van der Waals surface area (Å²) in [4.78, 5) is 15.3. The standard InChI is InChI=1S/C19H29N5S.HI/c1-4-20-18(24-12-13-25-19(2,3)14-24)21-11-7-10-17-22-15-8-5-6-9-16(15)23-17;/h5-6,8-9H,4,7,10-14H2,1-3H3,(H,20,21)(H,22,23);1H. The lowest BCUT2D eigenvalue weighted by molar-refractivity contribution is 0.376. The molecule has 0 spiro atoms. The molecule has 3 rings (SSSR count). The smallest absolute Gasteiger partial charge is 0.193 e. The molecule has 0 unspecified atom stereocenters. The molecule has 26 heavy (non-hydrogen) atoms. The molecule has 2 heterocycles. The Morgan fingerprint density at radius 2 is 2.19 bits per heavy atom. The van der Waals surface area contributed by atoms with Gasteiger partial charge in [-0.2, -0.15) is 11.8 Å². The number of aromatic nitrogens is 2. The fourth-order valence-corrected chi connectivity index (χ4v) is 4.29. The Morgan fingerprint density at radius 1 is 1.38 bits per heavy atom. The molecule has 0 aliphatic carbocycles. The minimum absolute atomic E-state index is 0. The summed E-state index contributed by atoms with van der Waals surface area (Å²) in [5.41, 5.74) is 2.16. The van der Waals surface area contributed by atoms with Gasteiger partial charge in [0.05, 0.1) is 11.0 Å². The Labute approximate surface area is 177 Å². The zero-order valence-corrected chi connectivity index (χ0v) is 19.1. The predicted octanol–water partition coefficient (Wildman–Crippen LogP) is 3.91. The molecule has 1 aliphatic heterocycles. The number of imidazole rings is 1. The number of hydrogen-bond acceptors (Lipinski definition) is 3. The van der Waals surface area contributed by atoms with E-state index in [1.54, 1.807) is 0 Å². The number of fused-ring (bicyclic) bond motifs is 1. The summed E-state index contributed by atoms with van der Waals surface area (Å²) >= 11 is 2.05. The van der Waals surface area contributed by atoms with Crippen molar-refractivity contribution in [3.8, 4) is 0 Å². The van der Waals surface area contributed by atoms with Gasteiger partial charge in [-0.3, -0.25) is 4.99 Å². The molecule has 5 nitrogen and oxygen atoms in total. The molecule has 0 bridgehead atoms. The van der Waals surface area contributed by atoms with Crippen LogP contribution in [0.1, 0.15) is 33.0 Å². The number of nitrogens with one attached hydrogen (secondary N) is 2. The lowest BCUT2D eigenvalue weighted by Crippen LogP contribution is -2.51. The summed E-state index contributed by atoms with van der Waals surface area (Å²) in [5.74, 6) is 3.27.